The molecule has 0 bridgehead atoms. The average molecular weight is 182 g/mol. The minimum atomic E-state index is 0.622. The summed E-state index contributed by atoms with van der Waals surface area (Å²) in [6, 6.07) is 0. The second kappa shape index (κ2) is 3.10. The van der Waals surface area contributed by atoms with Gasteiger partial charge in [0.2, 0.25) is 0 Å². The first kappa shape index (κ1) is 8.68. The van der Waals surface area contributed by atoms with Crippen molar-refractivity contribution in [1.29, 1.82) is 0 Å². The van der Waals surface area contributed by atoms with Crippen LogP contribution in [0.1, 0.15) is 26.7 Å². The summed E-state index contributed by atoms with van der Waals surface area (Å²) in [5, 5.41) is 0. The highest BCUT2D eigenvalue weighted by atomic mass is 32.2. The first-order valence-electron chi connectivity index (χ1n) is 4.95. The average Bonchev–Trinajstić information content (AvgIpc) is 2.04. The highest BCUT2D eigenvalue weighted by Gasteiger charge is 2.40. The summed E-state index contributed by atoms with van der Waals surface area (Å²) in [5.74, 6) is 4.66. The van der Waals surface area contributed by atoms with Crippen molar-refractivity contribution in [2.45, 2.75) is 26.7 Å². The monoisotopic (exact) mass is 182 g/mol. The highest BCUT2D eigenvalue weighted by molar-refractivity contribution is 7.99. The minimum absolute atomic E-state index is 0.622. The van der Waals surface area contributed by atoms with Gasteiger partial charge in [-0.3, -0.25) is 0 Å². The summed E-state index contributed by atoms with van der Waals surface area (Å²) < 4.78 is 0. The van der Waals surface area contributed by atoms with Gasteiger partial charge in [0.05, 0.1) is 0 Å². The molecule has 1 fully saturated rings. The van der Waals surface area contributed by atoms with Crippen LogP contribution in [0.5, 0.6) is 0 Å². The largest absolute Gasteiger partial charge is 0.161 e. The van der Waals surface area contributed by atoms with Crippen molar-refractivity contribution >= 4 is 11.8 Å². The summed E-state index contributed by atoms with van der Waals surface area (Å²) >= 11 is 2.15. The maximum atomic E-state index is 2.48. The van der Waals surface area contributed by atoms with Gasteiger partial charge < -0.3 is 0 Å². The summed E-state index contributed by atoms with van der Waals surface area (Å²) in [6.45, 7) is 4.90. The van der Waals surface area contributed by atoms with E-state index in [0.717, 1.165) is 11.8 Å². The zero-order valence-corrected chi connectivity index (χ0v) is 8.86. The second-order valence-corrected chi connectivity index (χ2v) is 5.69. The smallest absolute Gasteiger partial charge is 0.000751 e. The molecule has 0 aromatic carbocycles. The van der Waals surface area contributed by atoms with Crippen LogP contribution >= 0.6 is 11.8 Å². The number of fused-ring (bicyclic) bond motifs is 1. The molecule has 2 aliphatic rings. The quantitative estimate of drug-likeness (QED) is 0.518. The third kappa shape index (κ3) is 1.32. The number of hydrogen-bond donors (Lipinski definition) is 0. The number of allylic oxidation sites excluding steroid dienone is 2. The molecule has 0 amide bonds. The molecule has 0 N–H and O–H groups in total. The van der Waals surface area contributed by atoms with Gasteiger partial charge in [0.1, 0.15) is 0 Å². The van der Waals surface area contributed by atoms with Crippen LogP contribution in [0.4, 0.5) is 0 Å². The maximum absolute atomic E-state index is 2.48. The molecule has 68 valence electrons. The van der Waals surface area contributed by atoms with Gasteiger partial charge >= 0.3 is 0 Å². The van der Waals surface area contributed by atoms with Crippen LogP contribution < -0.4 is 0 Å². The SMILES string of the molecule is CC1CSCC2(C)CC=CCC12. The summed E-state index contributed by atoms with van der Waals surface area (Å²) in [7, 11) is 0. The number of hydrogen-bond acceptors (Lipinski definition) is 1. The molecule has 1 heteroatoms. The molecule has 3 unspecified atom stereocenters. The van der Waals surface area contributed by atoms with Gasteiger partial charge in [-0.2, -0.15) is 11.8 Å². The molecule has 1 saturated heterocycles. The molecule has 0 aromatic rings. The molecule has 0 nitrogen and oxygen atoms in total. The Balaban J connectivity index is 2.20. The molecule has 1 heterocycles. The van der Waals surface area contributed by atoms with Crippen molar-refractivity contribution in [3.63, 3.8) is 0 Å². The fourth-order valence-corrected chi connectivity index (χ4v) is 4.23. The van der Waals surface area contributed by atoms with Gasteiger partial charge in [0, 0.05) is 0 Å². The second-order valence-electron chi connectivity index (χ2n) is 4.66. The molecule has 0 saturated carbocycles. The predicted octanol–water partition coefficient (Wildman–Crippen LogP) is 3.34. The molecule has 12 heavy (non-hydrogen) atoms. The van der Waals surface area contributed by atoms with E-state index in [0.29, 0.717) is 5.41 Å². The first-order valence-corrected chi connectivity index (χ1v) is 6.10. The van der Waals surface area contributed by atoms with Gasteiger partial charge in [-0.25, -0.2) is 0 Å². The van der Waals surface area contributed by atoms with E-state index in [-0.39, 0.29) is 0 Å². The Hall–Kier alpha value is 0.0900. The summed E-state index contributed by atoms with van der Waals surface area (Å²) in [6.07, 6.45) is 7.42. The Kier molecular flexibility index (Phi) is 2.24. The van der Waals surface area contributed by atoms with Crippen LogP contribution in [0.15, 0.2) is 12.2 Å². The zero-order valence-electron chi connectivity index (χ0n) is 8.05. The van der Waals surface area contributed by atoms with Crippen molar-refractivity contribution in [3.05, 3.63) is 12.2 Å². The van der Waals surface area contributed by atoms with E-state index in [1.54, 1.807) is 0 Å². The Labute approximate surface area is 79.8 Å². The fraction of sp³-hybridized carbons (Fsp3) is 0.818. The van der Waals surface area contributed by atoms with Gasteiger partial charge in [-0.1, -0.05) is 26.0 Å². The molecular weight excluding hydrogens is 164 g/mol. The number of rotatable bonds is 0. The van der Waals surface area contributed by atoms with Crippen LogP contribution in [0, 0.1) is 17.3 Å². The Morgan fingerprint density at radius 3 is 3.00 bits per heavy atom. The van der Waals surface area contributed by atoms with Crippen LogP contribution in [0.2, 0.25) is 0 Å². The van der Waals surface area contributed by atoms with Gasteiger partial charge in [0.15, 0.2) is 0 Å². The van der Waals surface area contributed by atoms with Crippen molar-refractivity contribution in [2.24, 2.45) is 17.3 Å². The van der Waals surface area contributed by atoms with Crippen LogP contribution in [-0.4, -0.2) is 11.5 Å². The van der Waals surface area contributed by atoms with Crippen molar-refractivity contribution in [2.75, 3.05) is 11.5 Å². The van der Waals surface area contributed by atoms with Crippen LogP contribution in [0.25, 0.3) is 0 Å². The normalized spacial score (nSPS) is 47.2. The van der Waals surface area contributed by atoms with Crippen molar-refractivity contribution in [1.82, 2.24) is 0 Å². The lowest BCUT2D eigenvalue weighted by Gasteiger charge is -2.46. The van der Waals surface area contributed by atoms with E-state index < -0.39 is 0 Å². The molecule has 1 aliphatic heterocycles. The lowest BCUT2D eigenvalue weighted by Crippen LogP contribution is -2.40. The predicted molar refractivity (Wildman–Crippen MR) is 56.5 cm³/mol. The van der Waals surface area contributed by atoms with E-state index in [1.165, 1.54) is 24.3 Å². The topological polar surface area (TPSA) is 0 Å². The van der Waals surface area contributed by atoms with Crippen molar-refractivity contribution < 1.29 is 0 Å². The molecule has 0 radical (unpaired) electrons. The molecule has 0 spiro atoms. The van der Waals surface area contributed by atoms with E-state index in [1.807, 2.05) is 0 Å². The third-order valence-corrected chi connectivity index (χ3v) is 5.16. The Morgan fingerprint density at radius 2 is 2.25 bits per heavy atom. The Bertz CT molecular complexity index is 197. The molecule has 3 atom stereocenters. The Morgan fingerprint density at radius 1 is 1.42 bits per heavy atom. The van der Waals surface area contributed by atoms with Gasteiger partial charge in [0.25, 0.3) is 0 Å². The molecule has 2 rings (SSSR count). The van der Waals surface area contributed by atoms with Gasteiger partial charge in [-0.05, 0) is 41.6 Å². The maximum Gasteiger partial charge on any atom is -0.000751 e. The lowest BCUT2D eigenvalue weighted by atomic mass is 9.66. The molecule has 0 aromatic heterocycles. The zero-order chi connectivity index (χ0) is 8.60. The summed E-state index contributed by atoms with van der Waals surface area (Å²) in [4.78, 5) is 0. The van der Waals surface area contributed by atoms with Gasteiger partial charge in [-0.15, -0.1) is 0 Å². The molecule has 1 aliphatic carbocycles. The fourth-order valence-electron chi connectivity index (χ4n) is 2.71. The van der Waals surface area contributed by atoms with Crippen LogP contribution in [0.3, 0.4) is 0 Å². The third-order valence-electron chi connectivity index (χ3n) is 3.54. The van der Waals surface area contributed by atoms with Crippen LogP contribution in [-0.2, 0) is 0 Å². The highest BCUT2D eigenvalue weighted by Crippen LogP contribution is 2.48. The van der Waals surface area contributed by atoms with Crippen molar-refractivity contribution in [3.8, 4) is 0 Å². The minimum Gasteiger partial charge on any atom is -0.161 e. The summed E-state index contributed by atoms with van der Waals surface area (Å²) in [5.41, 5.74) is 0.622. The van der Waals surface area contributed by atoms with E-state index in [4.69, 9.17) is 0 Å². The lowest BCUT2D eigenvalue weighted by molar-refractivity contribution is 0.151. The van der Waals surface area contributed by atoms with E-state index >= 15 is 0 Å². The first-order chi connectivity index (χ1) is 5.72. The standard InChI is InChI=1S/C11H18S/c1-9-7-12-8-11(2)6-4-3-5-10(9)11/h3-4,9-10H,5-8H2,1-2H3. The van der Waals surface area contributed by atoms with E-state index in [2.05, 4.69) is 37.8 Å². The molecular formula is C11H18S. The van der Waals surface area contributed by atoms with E-state index in [9.17, 15) is 0 Å². The number of thioether (sulfide) groups is 1.